The van der Waals surface area contributed by atoms with Crippen LogP contribution in [0.5, 0.6) is 0 Å². The van der Waals surface area contributed by atoms with E-state index in [-0.39, 0.29) is 5.56 Å². The van der Waals surface area contributed by atoms with E-state index in [1.54, 1.807) is 18.7 Å². The quantitative estimate of drug-likeness (QED) is 0.754. The lowest BCUT2D eigenvalue weighted by Gasteiger charge is -2.05. The molecule has 6 heteroatoms. The van der Waals surface area contributed by atoms with Crippen LogP contribution in [0.2, 0.25) is 0 Å². The number of rotatable bonds is 2. The second-order valence-corrected chi connectivity index (χ2v) is 4.56. The van der Waals surface area contributed by atoms with Gasteiger partial charge in [0.25, 0.3) is 5.56 Å². The normalized spacial score (nSPS) is 11.3. The topological polar surface area (TPSA) is 68.0 Å². The first kappa shape index (κ1) is 11.7. The summed E-state index contributed by atoms with van der Waals surface area (Å²) in [5.74, 6) is 0. The Kier molecular flexibility index (Phi) is 2.51. The largest absolute Gasteiger partial charge is 0.299 e. The van der Waals surface area contributed by atoms with Gasteiger partial charge >= 0.3 is 0 Å². The van der Waals surface area contributed by atoms with Crippen LogP contribution in [0.4, 0.5) is 0 Å². The Morgan fingerprint density at radius 3 is 2.79 bits per heavy atom. The van der Waals surface area contributed by atoms with Gasteiger partial charge in [-0.15, -0.1) is 0 Å². The van der Waals surface area contributed by atoms with Gasteiger partial charge in [-0.3, -0.25) is 14.5 Å². The molecular formula is C13H15N5O. The minimum Gasteiger partial charge on any atom is -0.299 e. The molecule has 0 radical (unpaired) electrons. The monoisotopic (exact) mass is 257 g/mol. The molecular weight excluding hydrogens is 242 g/mol. The Hall–Kier alpha value is -2.37. The fraction of sp³-hybridized carbons (Fsp3) is 0.308. The van der Waals surface area contributed by atoms with Gasteiger partial charge in [-0.05, 0) is 20.3 Å². The van der Waals surface area contributed by atoms with Crippen molar-refractivity contribution in [1.82, 2.24) is 24.1 Å². The third-order valence-corrected chi connectivity index (χ3v) is 3.38. The molecule has 0 aliphatic rings. The van der Waals surface area contributed by atoms with Crippen LogP contribution in [0, 0.1) is 13.8 Å². The van der Waals surface area contributed by atoms with Crippen molar-refractivity contribution in [2.45, 2.75) is 27.2 Å². The van der Waals surface area contributed by atoms with Crippen LogP contribution in [0.25, 0.3) is 11.3 Å². The van der Waals surface area contributed by atoms with E-state index in [1.165, 1.54) is 4.52 Å². The van der Waals surface area contributed by atoms with Gasteiger partial charge in [-0.25, -0.2) is 9.97 Å². The predicted molar refractivity (Wildman–Crippen MR) is 71.8 cm³/mol. The van der Waals surface area contributed by atoms with E-state index in [4.69, 9.17) is 0 Å². The Bertz CT molecular complexity index is 808. The smallest absolute Gasteiger partial charge is 0.276 e. The molecule has 19 heavy (non-hydrogen) atoms. The van der Waals surface area contributed by atoms with E-state index in [0.29, 0.717) is 12.1 Å². The van der Waals surface area contributed by atoms with Gasteiger partial charge in [0.05, 0.1) is 6.33 Å². The minimum absolute atomic E-state index is 0.0333. The summed E-state index contributed by atoms with van der Waals surface area (Å²) in [6, 6.07) is 0. The Morgan fingerprint density at radius 1 is 1.37 bits per heavy atom. The molecule has 0 saturated heterocycles. The maximum atomic E-state index is 12.3. The van der Waals surface area contributed by atoms with Crippen molar-refractivity contribution in [3.8, 4) is 5.69 Å². The number of aryl methyl sites for hydroxylation is 2. The van der Waals surface area contributed by atoms with E-state index in [0.717, 1.165) is 22.6 Å². The first-order valence-corrected chi connectivity index (χ1v) is 6.22. The number of aromatic nitrogens is 5. The van der Waals surface area contributed by atoms with Crippen LogP contribution in [-0.4, -0.2) is 24.1 Å². The standard InChI is InChI=1S/C13H15N5O/c1-4-10-9(3)16-12-11(6-15-18(12)13(10)19)17-7-14-5-8(17)2/h5-7,15H,4H2,1-3H3. The average molecular weight is 257 g/mol. The minimum atomic E-state index is -0.0333. The summed E-state index contributed by atoms with van der Waals surface area (Å²) < 4.78 is 3.39. The molecule has 3 heterocycles. The van der Waals surface area contributed by atoms with Crippen LogP contribution in [0.3, 0.4) is 0 Å². The molecule has 0 saturated carbocycles. The van der Waals surface area contributed by atoms with Gasteiger partial charge in [-0.2, -0.15) is 4.52 Å². The SMILES string of the molecule is CCc1c(C)nc2c(-n3cncc3C)c[nH]n2c1=O. The van der Waals surface area contributed by atoms with Gasteiger partial charge < -0.3 is 0 Å². The number of nitrogens with zero attached hydrogens (tertiary/aromatic N) is 4. The first-order chi connectivity index (χ1) is 9.13. The molecule has 1 N–H and O–H groups in total. The molecule has 0 aliphatic carbocycles. The Morgan fingerprint density at radius 2 is 2.16 bits per heavy atom. The van der Waals surface area contributed by atoms with E-state index in [2.05, 4.69) is 15.1 Å². The van der Waals surface area contributed by atoms with E-state index in [1.807, 2.05) is 25.3 Å². The Labute approximate surface area is 109 Å². The molecule has 6 nitrogen and oxygen atoms in total. The fourth-order valence-electron chi connectivity index (χ4n) is 2.34. The van der Waals surface area contributed by atoms with Crippen molar-refractivity contribution in [1.29, 1.82) is 0 Å². The van der Waals surface area contributed by atoms with Crippen LogP contribution >= 0.6 is 0 Å². The summed E-state index contributed by atoms with van der Waals surface area (Å²) >= 11 is 0. The number of aromatic amines is 1. The van der Waals surface area contributed by atoms with Gasteiger partial charge in [0.15, 0.2) is 5.65 Å². The molecule has 0 spiro atoms. The molecule has 0 aromatic carbocycles. The highest BCUT2D eigenvalue weighted by Crippen LogP contribution is 2.15. The molecule has 3 aromatic heterocycles. The van der Waals surface area contributed by atoms with Gasteiger partial charge in [0, 0.05) is 29.3 Å². The van der Waals surface area contributed by atoms with Crippen molar-refractivity contribution < 1.29 is 0 Å². The summed E-state index contributed by atoms with van der Waals surface area (Å²) in [6.45, 7) is 5.79. The molecule has 98 valence electrons. The summed E-state index contributed by atoms with van der Waals surface area (Å²) in [6.07, 6.45) is 5.94. The van der Waals surface area contributed by atoms with Crippen LogP contribution < -0.4 is 5.56 Å². The molecule has 0 atom stereocenters. The number of H-pyrrole nitrogens is 1. The maximum absolute atomic E-state index is 12.3. The molecule has 0 bridgehead atoms. The van der Waals surface area contributed by atoms with Crippen LogP contribution in [0.15, 0.2) is 23.5 Å². The second kappa shape index (κ2) is 4.08. The van der Waals surface area contributed by atoms with E-state index < -0.39 is 0 Å². The highest BCUT2D eigenvalue weighted by Gasteiger charge is 2.14. The van der Waals surface area contributed by atoms with Gasteiger partial charge in [0.2, 0.25) is 0 Å². The van der Waals surface area contributed by atoms with Gasteiger partial charge in [-0.1, -0.05) is 6.92 Å². The first-order valence-electron chi connectivity index (χ1n) is 6.22. The number of fused-ring (bicyclic) bond motifs is 1. The predicted octanol–water partition coefficient (Wildman–Crippen LogP) is 1.39. The number of nitrogens with one attached hydrogen (secondary N) is 1. The lowest BCUT2D eigenvalue weighted by molar-refractivity contribution is 0.852. The van der Waals surface area contributed by atoms with E-state index >= 15 is 0 Å². The molecule has 3 rings (SSSR count). The molecule has 0 unspecified atom stereocenters. The second-order valence-electron chi connectivity index (χ2n) is 4.56. The third kappa shape index (κ3) is 1.60. The highest BCUT2D eigenvalue weighted by atomic mass is 16.1. The highest BCUT2D eigenvalue weighted by molar-refractivity contribution is 5.59. The third-order valence-electron chi connectivity index (χ3n) is 3.38. The zero-order chi connectivity index (χ0) is 13.6. The van der Waals surface area contributed by atoms with Crippen molar-refractivity contribution in [2.75, 3.05) is 0 Å². The van der Waals surface area contributed by atoms with Crippen molar-refractivity contribution in [3.05, 3.63) is 46.0 Å². The molecule has 0 aliphatic heterocycles. The number of hydrogen-bond donors (Lipinski definition) is 1. The van der Waals surface area contributed by atoms with Gasteiger partial charge in [0.1, 0.15) is 5.69 Å². The average Bonchev–Trinajstić information content (AvgIpc) is 2.96. The lowest BCUT2D eigenvalue weighted by atomic mass is 10.2. The zero-order valence-corrected chi connectivity index (χ0v) is 11.1. The molecule has 0 amide bonds. The number of hydrogen-bond acceptors (Lipinski definition) is 3. The maximum Gasteiger partial charge on any atom is 0.276 e. The summed E-state index contributed by atoms with van der Waals surface area (Å²) in [5, 5.41) is 2.97. The Balaban J connectivity index is 2.37. The summed E-state index contributed by atoms with van der Waals surface area (Å²) in [7, 11) is 0. The van der Waals surface area contributed by atoms with Crippen molar-refractivity contribution in [3.63, 3.8) is 0 Å². The van der Waals surface area contributed by atoms with Crippen LogP contribution in [0.1, 0.15) is 23.9 Å². The van der Waals surface area contributed by atoms with Crippen LogP contribution in [-0.2, 0) is 6.42 Å². The van der Waals surface area contributed by atoms with Crippen molar-refractivity contribution >= 4 is 5.65 Å². The van der Waals surface area contributed by atoms with Crippen molar-refractivity contribution in [2.24, 2.45) is 0 Å². The molecule has 3 aromatic rings. The summed E-state index contributed by atoms with van der Waals surface area (Å²) in [4.78, 5) is 21.0. The van der Waals surface area contributed by atoms with E-state index in [9.17, 15) is 4.79 Å². The molecule has 0 fully saturated rings. The lowest BCUT2D eigenvalue weighted by Crippen LogP contribution is -2.21. The fourth-order valence-corrected chi connectivity index (χ4v) is 2.34. The number of imidazole rings is 1. The summed E-state index contributed by atoms with van der Waals surface area (Å²) in [5.41, 5.74) is 3.94. The zero-order valence-electron chi connectivity index (χ0n) is 11.1.